The van der Waals surface area contributed by atoms with Crippen molar-refractivity contribution in [2.45, 2.75) is 38.9 Å². The third kappa shape index (κ3) is 4.59. The van der Waals surface area contributed by atoms with Crippen molar-refractivity contribution < 1.29 is 9.76 Å². The Hall–Kier alpha value is -2.57. The van der Waals surface area contributed by atoms with Gasteiger partial charge in [0.1, 0.15) is 5.72 Å². The molecule has 3 rings (SSSR count). The third-order valence-electron chi connectivity index (χ3n) is 4.65. The first-order valence-corrected chi connectivity index (χ1v) is 8.87. The summed E-state index contributed by atoms with van der Waals surface area (Å²) in [5.74, 6) is 1.14. The maximum atomic E-state index is 10.3. The molecule has 0 aliphatic rings. The fraction of sp³-hybridized carbons (Fsp3) is 0.286. The highest BCUT2D eigenvalue weighted by Crippen LogP contribution is 2.24. The van der Waals surface area contributed by atoms with Gasteiger partial charge in [0, 0.05) is 11.1 Å². The summed E-state index contributed by atoms with van der Waals surface area (Å²) in [6.07, 6.45) is 0. The molecule has 5 nitrogen and oxygen atoms in total. The van der Waals surface area contributed by atoms with Crippen molar-refractivity contribution in [3.05, 3.63) is 60.7 Å². The maximum Gasteiger partial charge on any atom is 0.379 e. The van der Waals surface area contributed by atoms with Crippen LogP contribution in [0, 0.1) is 0 Å². The van der Waals surface area contributed by atoms with Crippen molar-refractivity contribution in [3.8, 4) is 22.8 Å². The second-order valence-corrected chi connectivity index (χ2v) is 7.38. The molecule has 0 saturated carbocycles. The summed E-state index contributed by atoms with van der Waals surface area (Å²) >= 11 is 0. The summed E-state index contributed by atoms with van der Waals surface area (Å²) < 4.78 is 5.83. The zero-order valence-electron chi connectivity index (χ0n) is 16.0. The Kier molecular flexibility index (Phi) is 5.39. The number of aliphatic hydroxyl groups is 1. The number of nitrogens with zero attached hydrogens (tertiary/aromatic N) is 3. The van der Waals surface area contributed by atoms with Crippen LogP contribution in [0.15, 0.2) is 60.7 Å². The van der Waals surface area contributed by atoms with Gasteiger partial charge in [0.25, 0.3) is 0 Å². The molecule has 27 heavy (non-hydrogen) atoms. The highest BCUT2D eigenvalue weighted by Gasteiger charge is 2.36. The molecule has 1 radical (unpaired) electrons. The van der Waals surface area contributed by atoms with Gasteiger partial charge in [-0.1, -0.05) is 60.7 Å². The molecule has 0 unspecified atom stereocenters. The molecular formula is C21H23BN3O2. The largest absolute Gasteiger partial charge is 0.424 e. The summed E-state index contributed by atoms with van der Waals surface area (Å²) in [6, 6.07) is 19.5. The van der Waals surface area contributed by atoms with E-state index in [1.807, 2.05) is 74.5 Å². The number of hydrogen-bond acceptors (Lipinski definition) is 5. The van der Waals surface area contributed by atoms with E-state index in [2.05, 4.69) is 15.0 Å². The number of rotatable bonds is 6. The van der Waals surface area contributed by atoms with E-state index < -0.39 is 11.2 Å². The van der Waals surface area contributed by atoms with Gasteiger partial charge in [0.15, 0.2) is 11.6 Å². The SMILES string of the molecule is CC(C)(O)C(C)(C)O[B]c1nc(-c2ccccc2)nc(-c2ccccc2)n1. The summed E-state index contributed by atoms with van der Waals surface area (Å²) in [6.45, 7) is 7.06. The lowest BCUT2D eigenvalue weighted by atomic mass is 9.86. The molecule has 3 aromatic rings. The van der Waals surface area contributed by atoms with E-state index in [0.717, 1.165) is 11.1 Å². The molecule has 1 aromatic heterocycles. The molecule has 0 atom stereocenters. The number of hydrogen-bond donors (Lipinski definition) is 1. The van der Waals surface area contributed by atoms with Gasteiger partial charge in [0.2, 0.25) is 0 Å². The number of aromatic nitrogens is 3. The smallest absolute Gasteiger partial charge is 0.379 e. The molecule has 0 aliphatic carbocycles. The van der Waals surface area contributed by atoms with Gasteiger partial charge < -0.3 is 9.76 Å². The van der Waals surface area contributed by atoms with Crippen LogP contribution in [0.1, 0.15) is 27.7 Å². The molecule has 0 bridgehead atoms. The first-order valence-electron chi connectivity index (χ1n) is 8.87. The van der Waals surface area contributed by atoms with Crippen LogP contribution in [0.3, 0.4) is 0 Å². The molecule has 0 fully saturated rings. The first-order chi connectivity index (χ1) is 12.8. The lowest BCUT2D eigenvalue weighted by Gasteiger charge is -2.37. The normalized spacial score (nSPS) is 12.0. The molecule has 0 aliphatic heterocycles. The van der Waals surface area contributed by atoms with Gasteiger partial charge in [-0.3, -0.25) is 0 Å². The lowest BCUT2D eigenvalue weighted by molar-refractivity contribution is -0.0894. The van der Waals surface area contributed by atoms with Crippen LogP contribution in [0.2, 0.25) is 0 Å². The Morgan fingerprint density at radius 2 is 1.19 bits per heavy atom. The Labute approximate surface area is 160 Å². The molecule has 2 aromatic carbocycles. The average Bonchev–Trinajstić information content (AvgIpc) is 2.67. The Morgan fingerprint density at radius 3 is 1.59 bits per heavy atom. The van der Waals surface area contributed by atoms with Crippen molar-refractivity contribution in [2.24, 2.45) is 0 Å². The van der Waals surface area contributed by atoms with Gasteiger partial charge in [-0.05, 0) is 27.7 Å². The summed E-state index contributed by atoms with van der Waals surface area (Å²) in [5, 5.41) is 10.3. The maximum absolute atomic E-state index is 10.3. The third-order valence-corrected chi connectivity index (χ3v) is 4.65. The van der Waals surface area contributed by atoms with Crippen molar-refractivity contribution in [1.82, 2.24) is 15.0 Å². The van der Waals surface area contributed by atoms with E-state index in [1.54, 1.807) is 13.8 Å². The second-order valence-electron chi connectivity index (χ2n) is 7.38. The summed E-state index contributed by atoms with van der Waals surface area (Å²) in [4.78, 5) is 13.7. The zero-order chi connectivity index (χ0) is 19.5. The summed E-state index contributed by atoms with van der Waals surface area (Å²) in [5.41, 5.74) is 0.363. The monoisotopic (exact) mass is 360 g/mol. The Bertz CT molecular complexity index is 837. The van der Waals surface area contributed by atoms with E-state index in [-0.39, 0.29) is 0 Å². The minimum absolute atomic E-state index is 0.403. The zero-order valence-corrected chi connectivity index (χ0v) is 16.0. The molecule has 0 saturated heterocycles. The van der Waals surface area contributed by atoms with E-state index in [0.29, 0.717) is 17.4 Å². The van der Waals surface area contributed by atoms with E-state index in [1.165, 1.54) is 7.48 Å². The predicted octanol–water partition coefficient (Wildman–Crippen LogP) is 3.02. The topological polar surface area (TPSA) is 68.1 Å². The lowest BCUT2D eigenvalue weighted by Crippen LogP contribution is -2.49. The van der Waals surface area contributed by atoms with Crippen LogP contribution in [-0.4, -0.2) is 38.7 Å². The van der Waals surface area contributed by atoms with Crippen LogP contribution in [0.4, 0.5) is 0 Å². The van der Waals surface area contributed by atoms with Crippen LogP contribution in [0.25, 0.3) is 22.8 Å². The first kappa shape index (κ1) is 19.2. The average molecular weight is 360 g/mol. The molecule has 6 heteroatoms. The van der Waals surface area contributed by atoms with Crippen LogP contribution < -0.4 is 5.72 Å². The van der Waals surface area contributed by atoms with Gasteiger partial charge in [-0.25, -0.2) is 15.0 Å². The molecule has 0 spiro atoms. The molecule has 1 heterocycles. The van der Waals surface area contributed by atoms with Crippen molar-refractivity contribution in [2.75, 3.05) is 0 Å². The van der Waals surface area contributed by atoms with E-state index >= 15 is 0 Å². The molecule has 0 amide bonds. The second kappa shape index (κ2) is 7.58. The molecule has 137 valence electrons. The standard InChI is InChI=1S/C21H23BN3O2/c1-20(2,26)21(3,4)27-22-19-24-17(15-11-7-5-8-12-15)23-18(25-19)16-13-9-6-10-14-16/h5-14,26H,1-4H3. The minimum Gasteiger partial charge on any atom is -0.424 e. The quantitative estimate of drug-likeness (QED) is 0.685. The Morgan fingerprint density at radius 1 is 0.741 bits per heavy atom. The highest BCUT2D eigenvalue weighted by atomic mass is 16.5. The fourth-order valence-corrected chi connectivity index (χ4v) is 2.22. The highest BCUT2D eigenvalue weighted by molar-refractivity contribution is 6.44. The number of benzene rings is 2. The van der Waals surface area contributed by atoms with Crippen LogP contribution in [-0.2, 0) is 4.65 Å². The van der Waals surface area contributed by atoms with Gasteiger partial charge in [-0.2, -0.15) is 0 Å². The summed E-state index contributed by atoms with van der Waals surface area (Å²) in [7, 11) is 1.48. The van der Waals surface area contributed by atoms with Crippen molar-refractivity contribution in [1.29, 1.82) is 0 Å². The van der Waals surface area contributed by atoms with Crippen molar-refractivity contribution >= 4 is 13.2 Å². The van der Waals surface area contributed by atoms with Crippen LogP contribution >= 0.6 is 0 Å². The molecule has 1 N–H and O–H groups in total. The van der Waals surface area contributed by atoms with E-state index in [4.69, 9.17) is 4.65 Å². The predicted molar refractivity (Wildman–Crippen MR) is 108 cm³/mol. The van der Waals surface area contributed by atoms with Gasteiger partial charge >= 0.3 is 7.48 Å². The molecular weight excluding hydrogens is 337 g/mol. The van der Waals surface area contributed by atoms with Crippen LogP contribution in [0.5, 0.6) is 0 Å². The Balaban J connectivity index is 1.98. The van der Waals surface area contributed by atoms with Crippen molar-refractivity contribution in [3.63, 3.8) is 0 Å². The van der Waals surface area contributed by atoms with Gasteiger partial charge in [0.05, 0.1) is 11.2 Å². The van der Waals surface area contributed by atoms with Gasteiger partial charge in [-0.15, -0.1) is 0 Å². The fourth-order valence-electron chi connectivity index (χ4n) is 2.22. The van der Waals surface area contributed by atoms with E-state index in [9.17, 15) is 5.11 Å². The minimum atomic E-state index is -1.03.